The average Bonchev–Trinajstić information content (AvgIpc) is 3.01. The molecular formula is C18H18Cl2N4O4S2. The van der Waals surface area contributed by atoms with Crippen molar-refractivity contribution in [3.63, 3.8) is 0 Å². The van der Waals surface area contributed by atoms with Crippen LogP contribution in [0.2, 0.25) is 10.0 Å². The van der Waals surface area contributed by atoms with Gasteiger partial charge in [0, 0.05) is 24.0 Å². The predicted molar refractivity (Wildman–Crippen MR) is 117 cm³/mol. The summed E-state index contributed by atoms with van der Waals surface area (Å²) in [6.45, 7) is 1.76. The molecule has 3 heterocycles. The van der Waals surface area contributed by atoms with Gasteiger partial charge in [-0.1, -0.05) is 23.2 Å². The monoisotopic (exact) mass is 488 g/mol. The second-order valence-corrected chi connectivity index (χ2v) is 10.3. The number of rotatable bonds is 5. The zero-order chi connectivity index (χ0) is 22.1. The lowest BCUT2D eigenvalue weighted by molar-refractivity contribution is -0.113. The number of nitrogens with one attached hydrogen (secondary N) is 2. The van der Waals surface area contributed by atoms with E-state index in [0.717, 1.165) is 11.8 Å². The molecule has 12 heteroatoms. The number of thiophene rings is 1. The molecule has 0 bridgehead atoms. The van der Waals surface area contributed by atoms with Gasteiger partial charge in [0.05, 0.1) is 22.8 Å². The van der Waals surface area contributed by atoms with Crippen molar-refractivity contribution >= 4 is 62.2 Å². The van der Waals surface area contributed by atoms with E-state index in [0.29, 0.717) is 10.0 Å². The Morgan fingerprint density at radius 1 is 1.20 bits per heavy atom. The molecule has 1 aliphatic rings. The number of hydrogen-bond donors (Lipinski definition) is 2. The Bertz CT molecular complexity index is 1130. The fourth-order valence-corrected chi connectivity index (χ4v) is 4.88. The van der Waals surface area contributed by atoms with Gasteiger partial charge in [0.1, 0.15) is 10.7 Å². The van der Waals surface area contributed by atoms with Crippen molar-refractivity contribution in [3.8, 4) is 0 Å². The second-order valence-electron chi connectivity index (χ2n) is 6.64. The first-order chi connectivity index (χ1) is 14.1. The smallest absolute Gasteiger partial charge is 0.267 e. The van der Waals surface area contributed by atoms with Crippen molar-refractivity contribution in [2.75, 3.05) is 24.7 Å². The maximum atomic E-state index is 12.8. The van der Waals surface area contributed by atoms with Crippen LogP contribution in [0.1, 0.15) is 21.7 Å². The van der Waals surface area contributed by atoms with Crippen LogP contribution in [0.4, 0.5) is 5.82 Å². The summed E-state index contributed by atoms with van der Waals surface area (Å²) in [6, 6.07) is 3.12. The first-order valence-corrected chi connectivity index (χ1v) is 12.2. The van der Waals surface area contributed by atoms with Crippen LogP contribution >= 0.6 is 34.5 Å². The molecule has 30 heavy (non-hydrogen) atoms. The van der Waals surface area contributed by atoms with Crippen LogP contribution in [0.3, 0.4) is 0 Å². The number of aromatic nitrogens is 1. The summed E-state index contributed by atoms with van der Waals surface area (Å²) in [4.78, 5) is 29.9. The quantitative estimate of drug-likeness (QED) is 0.671. The van der Waals surface area contributed by atoms with Crippen molar-refractivity contribution in [2.45, 2.75) is 13.3 Å². The van der Waals surface area contributed by atoms with E-state index in [4.69, 9.17) is 23.2 Å². The van der Waals surface area contributed by atoms with E-state index in [2.05, 4.69) is 15.6 Å². The zero-order valence-corrected chi connectivity index (χ0v) is 19.2. The van der Waals surface area contributed by atoms with E-state index in [1.54, 1.807) is 24.4 Å². The van der Waals surface area contributed by atoms with Crippen molar-refractivity contribution < 1.29 is 18.0 Å². The SMILES string of the molecule is Cc1csc(C(=O)NC2=C(C(=O)Nc3ccc(Cl)cn3)CCN(S(C)(=O)=O)C2)c1Cl. The van der Waals surface area contributed by atoms with Gasteiger partial charge in [0.15, 0.2) is 0 Å². The minimum atomic E-state index is -3.51. The molecule has 0 aliphatic carbocycles. The number of hydrogen-bond acceptors (Lipinski definition) is 6. The lowest BCUT2D eigenvalue weighted by Crippen LogP contribution is -2.43. The van der Waals surface area contributed by atoms with Crippen LogP contribution in [0.25, 0.3) is 0 Å². The Balaban J connectivity index is 1.90. The van der Waals surface area contributed by atoms with Crippen LogP contribution in [0.15, 0.2) is 35.0 Å². The van der Waals surface area contributed by atoms with Gasteiger partial charge in [-0.3, -0.25) is 9.59 Å². The lowest BCUT2D eigenvalue weighted by Gasteiger charge is -2.28. The maximum Gasteiger partial charge on any atom is 0.267 e. The predicted octanol–water partition coefficient (Wildman–Crippen LogP) is 3.05. The van der Waals surface area contributed by atoms with Crippen LogP contribution in [0.5, 0.6) is 0 Å². The molecule has 2 aromatic heterocycles. The highest BCUT2D eigenvalue weighted by Crippen LogP contribution is 2.28. The highest BCUT2D eigenvalue weighted by atomic mass is 35.5. The summed E-state index contributed by atoms with van der Waals surface area (Å²) < 4.78 is 25.2. The zero-order valence-electron chi connectivity index (χ0n) is 16.0. The molecule has 0 saturated heterocycles. The molecule has 0 atom stereocenters. The van der Waals surface area contributed by atoms with Crippen LogP contribution in [-0.4, -0.2) is 48.9 Å². The van der Waals surface area contributed by atoms with Crippen molar-refractivity contribution in [3.05, 3.63) is 55.5 Å². The Kier molecular flexibility index (Phi) is 6.83. The number of carbonyl (C=O) groups excluding carboxylic acids is 2. The Morgan fingerprint density at radius 3 is 2.50 bits per heavy atom. The van der Waals surface area contributed by atoms with Gasteiger partial charge in [0.25, 0.3) is 11.8 Å². The highest BCUT2D eigenvalue weighted by Gasteiger charge is 2.30. The summed E-state index contributed by atoms with van der Waals surface area (Å²) in [5.41, 5.74) is 1.23. The van der Waals surface area contributed by atoms with E-state index >= 15 is 0 Å². The van der Waals surface area contributed by atoms with Crippen molar-refractivity contribution in [1.82, 2.24) is 14.6 Å². The summed E-state index contributed by atoms with van der Waals surface area (Å²) in [6.07, 6.45) is 2.59. The molecular weight excluding hydrogens is 471 g/mol. The van der Waals surface area contributed by atoms with Crippen LogP contribution < -0.4 is 10.6 Å². The third kappa shape index (κ3) is 5.19. The minimum Gasteiger partial charge on any atom is -0.323 e. The number of carbonyl (C=O) groups is 2. The van der Waals surface area contributed by atoms with E-state index < -0.39 is 21.8 Å². The number of aryl methyl sites for hydroxylation is 1. The Hall–Kier alpha value is -1.98. The third-order valence-corrected chi connectivity index (χ3v) is 7.56. The van der Waals surface area contributed by atoms with Gasteiger partial charge in [-0.25, -0.2) is 13.4 Å². The van der Waals surface area contributed by atoms with E-state index in [1.165, 1.54) is 21.8 Å². The fraction of sp³-hybridized carbons (Fsp3) is 0.278. The Labute approximate surface area is 187 Å². The van der Waals surface area contributed by atoms with Crippen LogP contribution in [-0.2, 0) is 14.8 Å². The van der Waals surface area contributed by atoms with Crippen molar-refractivity contribution in [1.29, 1.82) is 0 Å². The summed E-state index contributed by atoms with van der Waals surface area (Å²) >= 11 is 13.1. The molecule has 3 rings (SSSR count). The van der Waals surface area contributed by atoms with Gasteiger partial charge < -0.3 is 10.6 Å². The molecule has 2 amide bonds. The first-order valence-electron chi connectivity index (χ1n) is 8.71. The van der Waals surface area contributed by atoms with E-state index in [-0.39, 0.29) is 41.5 Å². The second kappa shape index (κ2) is 9.03. The normalized spacial score (nSPS) is 15.2. The van der Waals surface area contributed by atoms with Gasteiger partial charge in [-0.2, -0.15) is 4.31 Å². The number of halogens is 2. The van der Waals surface area contributed by atoms with Gasteiger partial charge in [-0.05, 0) is 36.4 Å². The fourth-order valence-electron chi connectivity index (χ4n) is 2.81. The number of anilines is 1. The standard InChI is InChI=1S/C18H18Cl2N4O4S2/c1-10-9-29-16(15(10)20)18(26)22-13-8-24(30(2,27)28)6-5-12(13)17(25)23-14-4-3-11(19)7-21-14/h3-4,7,9H,5-6,8H2,1-2H3,(H,22,26)(H,21,23,25). The third-order valence-electron chi connectivity index (χ3n) is 4.39. The molecule has 0 spiro atoms. The highest BCUT2D eigenvalue weighted by molar-refractivity contribution is 7.88. The first kappa shape index (κ1) is 22.7. The van der Waals surface area contributed by atoms with Crippen molar-refractivity contribution in [2.24, 2.45) is 0 Å². The molecule has 0 aromatic carbocycles. The van der Waals surface area contributed by atoms with Gasteiger partial charge >= 0.3 is 0 Å². The molecule has 0 fully saturated rings. The Morgan fingerprint density at radius 2 is 1.93 bits per heavy atom. The number of pyridine rings is 1. The maximum absolute atomic E-state index is 12.8. The molecule has 2 aromatic rings. The molecule has 0 unspecified atom stereocenters. The summed E-state index contributed by atoms with van der Waals surface area (Å²) in [5, 5.41) is 7.81. The summed E-state index contributed by atoms with van der Waals surface area (Å²) in [5.74, 6) is -0.704. The molecule has 1 aliphatic heterocycles. The number of nitrogens with zero attached hydrogens (tertiary/aromatic N) is 2. The van der Waals surface area contributed by atoms with E-state index in [1.807, 2.05) is 0 Å². The van der Waals surface area contributed by atoms with Gasteiger partial charge in [0.2, 0.25) is 10.0 Å². The largest absolute Gasteiger partial charge is 0.323 e. The van der Waals surface area contributed by atoms with E-state index in [9.17, 15) is 18.0 Å². The average molecular weight is 489 g/mol. The topological polar surface area (TPSA) is 108 Å². The minimum absolute atomic E-state index is 0.119. The molecule has 0 saturated carbocycles. The molecule has 8 nitrogen and oxygen atoms in total. The van der Waals surface area contributed by atoms with Gasteiger partial charge in [-0.15, -0.1) is 11.3 Å². The number of amides is 2. The molecule has 2 N–H and O–H groups in total. The number of sulfonamides is 1. The molecule has 160 valence electrons. The lowest BCUT2D eigenvalue weighted by atomic mass is 10.1. The van der Waals surface area contributed by atoms with Crippen LogP contribution in [0, 0.1) is 6.92 Å². The summed E-state index contributed by atoms with van der Waals surface area (Å²) in [7, 11) is -3.51. The molecule has 0 radical (unpaired) electrons.